The zero-order valence-electron chi connectivity index (χ0n) is 27.5. The van der Waals surface area contributed by atoms with E-state index >= 15 is 0 Å². The molecule has 2 heterocycles. The van der Waals surface area contributed by atoms with Crippen molar-refractivity contribution in [2.24, 2.45) is 0 Å². The van der Waals surface area contributed by atoms with Crippen molar-refractivity contribution in [2.75, 3.05) is 0 Å². The number of hydrogen-bond acceptors (Lipinski definition) is 4. The summed E-state index contributed by atoms with van der Waals surface area (Å²) in [5.74, 6) is 1.91. The monoisotopic (exact) mass is 651 g/mol. The lowest BCUT2D eigenvalue weighted by atomic mass is 9.89. The van der Waals surface area contributed by atoms with Crippen LogP contribution in [0.2, 0.25) is 0 Å². The van der Waals surface area contributed by atoms with Gasteiger partial charge in [-0.05, 0) is 68.1 Å². The first kappa shape index (κ1) is 29.0. The van der Waals surface area contributed by atoms with E-state index in [0.29, 0.717) is 17.5 Å². The first-order chi connectivity index (χ1) is 25.3. The second-order valence-electron chi connectivity index (χ2n) is 12.8. The quantitative estimate of drug-likeness (QED) is 0.186. The van der Waals surface area contributed by atoms with Crippen LogP contribution >= 0.6 is 0 Å². The summed E-state index contributed by atoms with van der Waals surface area (Å²) < 4.78 is 6.29. The van der Waals surface area contributed by atoms with Gasteiger partial charge in [-0.25, -0.2) is 15.0 Å². The lowest BCUT2D eigenvalue weighted by Gasteiger charge is -2.14. The molecule has 238 valence electrons. The summed E-state index contributed by atoms with van der Waals surface area (Å²) in [6.45, 7) is 0. The maximum absolute atomic E-state index is 6.29. The minimum Gasteiger partial charge on any atom is -0.456 e. The highest BCUT2D eigenvalue weighted by Crippen LogP contribution is 2.42. The van der Waals surface area contributed by atoms with Gasteiger partial charge in [0.1, 0.15) is 11.2 Å². The van der Waals surface area contributed by atoms with E-state index < -0.39 is 0 Å². The molecule has 0 amide bonds. The molecule has 0 saturated carbocycles. The summed E-state index contributed by atoms with van der Waals surface area (Å²) in [6.07, 6.45) is 0. The average Bonchev–Trinajstić information content (AvgIpc) is 3.59. The summed E-state index contributed by atoms with van der Waals surface area (Å²) in [5, 5.41) is 6.93. The molecule has 0 aliphatic carbocycles. The Labute approximate surface area is 294 Å². The molecule has 0 bridgehead atoms. The first-order valence-corrected chi connectivity index (χ1v) is 17.1. The smallest absolute Gasteiger partial charge is 0.164 e. The lowest BCUT2D eigenvalue weighted by Crippen LogP contribution is -2.00. The van der Waals surface area contributed by atoms with Gasteiger partial charge in [-0.1, -0.05) is 152 Å². The highest BCUT2D eigenvalue weighted by atomic mass is 16.3. The van der Waals surface area contributed by atoms with Crippen LogP contribution in [-0.4, -0.2) is 15.0 Å². The van der Waals surface area contributed by atoms with Crippen LogP contribution in [-0.2, 0) is 0 Å². The molecule has 0 spiro atoms. The summed E-state index contributed by atoms with van der Waals surface area (Å²) >= 11 is 0. The molecular weight excluding hydrogens is 623 g/mol. The van der Waals surface area contributed by atoms with Gasteiger partial charge in [0.05, 0.1) is 0 Å². The Morgan fingerprint density at radius 3 is 1.69 bits per heavy atom. The third kappa shape index (κ3) is 5.04. The highest BCUT2D eigenvalue weighted by Gasteiger charge is 2.18. The van der Waals surface area contributed by atoms with E-state index in [0.717, 1.165) is 66.3 Å². The van der Waals surface area contributed by atoms with E-state index in [1.165, 1.54) is 16.2 Å². The Bertz CT molecular complexity index is 2920. The second-order valence-corrected chi connectivity index (χ2v) is 12.8. The van der Waals surface area contributed by atoms with Crippen molar-refractivity contribution in [3.63, 3.8) is 0 Å². The number of benzene rings is 8. The van der Waals surface area contributed by atoms with Gasteiger partial charge in [0.2, 0.25) is 0 Å². The van der Waals surface area contributed by atoms with Crippen LogP contribution in [0.4, 0.5) is 0 Å². The van der Waals surface area contributed by atoms with Gasteiger partial charge in [-0.2, -0.15) is 0 Å². The molecule has 0 atom stereocenters. The van der Waals surface area contributed by atoms with E-state index in [1.807, 2.05) is 42.5 Å². The Morgan fingerprint density at radius 2 is 0.863 bits per heavy atom. The highest BCUT2D eigenvalue weighted by molar-refractivity contribution is 6.17. The van der Waals surface area contributed by atoms with Crippen molar-refractivity contribution >= 4 is 43.5 Å². The number of aromatic nitrogens is 3. The van der Waals surface area contributed by atoms with E-state index in [2.05, 4.69) is 133 Å². The Hall–Kier alpha value is -6.91. The fraction of sp³-hybridized carbons (Fsp3) is 0. The molecule has 0 aliphatic heterocycles. The molecule has 0 saturated heterocycles. The van der Waals surface area contributed by atoms with Crippen molar-refractivity contribution in [1.82, 2.24) is 15.0 Å². The third-order valence-electron chi connectivity index (χ3n) is 9.70. The molecule has 51 heavy (non-hydrogen) atoms. The zero-order chi connectivity index (χ0) is 33.7. The molecule has 0 N–H and O–H groups in total. The summed E-state index contributed by atoms with van der Waals surface area (Å²) in [5.41, 5.74) is 9.13. The first-order valence-electron chi connectivity index (χ1n) is 17.1. The number of fused-ring (bicyclic) bond motifs is 5. The predicted molar refractivity (Wildman–Crippen MR) is 209 cm³/mol. The topological polar surface area (TPSA) is 51.8 Å². The molecule has 2 aromatic heterocycles. The van der Waals surface area contributed by atoms with Crippen LogP contribution in [0, 0.1) is 0 Å². The maximum atomic E-state index is 6.29. The van der Waals surface area contributed by atoms with Crippen LogP contribution in [0.3, 0.4) is 0 Å². The summed E-state index contributed by atoms with van der Waals surface area (Å²) in [4.78, 5) is 15.1. The molecule has 0 unspecified atom stereocenters. The van der Waals surface area contributed by atoms with Gasteiger partial charge in [0.25, 0.3) is 0 Å². The van der Waals surface area contributed by atoms with Gasteiger partial charge < -0.3 is 4.42 Å². The van der Waals surface area contributed by atoms with E-state index in [4.69, 9.17) is 19.4 Å². The SMILES string of the molecule is c1ccc(-c2nc(-c3cccc(-c4cccc5cccc(-c6cccc7oc8ccccc8c67)c45)c3)nc(-c3ccc4ccccc4c3)n2)cc1. The van der Waals surface area contributed by atoms with Crippen molar-refractivity contribution < 1.29 is 4.42 Å². The van der Waals surface area contributed by atoms with Crippen molar-refractivity contribution in [3.8, 4) is 56.4 Å². The van der Waals surface area contributed by atoms with Gasteiger partial charge >= 0.3 is 0 Å². The molecule has 10 aromatic rings. The van der Waals surface area contributed by atoms with Gasteiger partial charge in [0, 0.05) is 27.5 Å². The molecule has 8 aromatic carbocycles. The van der Waals surface area contributed by atoms with Gasteiger partial charge in [-0.15, -0.1) is 0 Å². The Balaban J connectivity index is 1.16. The maximum Gasteiger partial charge on any atom is 0.164 e. The predicted octanol–water partition coefficient (Wildman–Crippen LogP) is 12.4. The number of furan rings is 1. The molecule has 0 aliphatic rings. The molecule has 10 rings (SSSR count). The third-order valence-corrected chi connectivity index (χ3v) is 9.70. The van der Waals surface area contributed by atoms with Gasteiger partial charge in [-0.3, -0.25) is 0 Å². The summed E-state index contributed by atoms with van der Waals surface area (Å²) in [7, 11) is 0. The molecule has 4 heteroatoms. The second kappa shape index (κ2) is 11.9. The van der Waals surface area contributed by atoms with Crippen LogP contribution < -0.4 is 0 Å². The Kier molecular flexibility index (Phi) is 6.78. The fourth-order valence-corrected chi connectivity index (χ4v) is 7.31. The number of para-hydroxylation sites is 1. The zero-order valence-corrected chi connectivity index (χ0v) is 27.5. The lowest BCUT2D eigenvalue weighted by molar-refractivity contribution is 0.669. The summed E-state index contributed by atoms with van der Waals surface area (Å²) in [6, 6.07) is 61.1. The van der Waals surface area contributed by atoms with Crippen LogP contribution in [0.15, 0.2) is 180 Å². The van der Waals surface area contributed by atoms with Crippen molar-refractivity contribution in [2.45, 2.75) is 0 Å². The fourth-order valence-electron chi connectivity index (χ4n) is 7.31. The normalized spacial score (nSPS) is 11.5. The van der Waals surface area contributed by atoms with E-state index in [1.54, 1.807) is 0 Å². The van der Waals surface area contributed by atoms with Crippen molar-refractivity contribution in [3.05, 3.63) is 176 Å². The Morgan fingerprint density at radius 1 is 0.314 bits per heavy atom. The number of hydrogen-bond donors (Lipinski definition) is 0. The van der Waals surface area contributed by atoms with E-state index in [-0.39, 0.29) is 0 Å². The number of nitrogens with zero attached hydrogens (tertiary/aromatic N) is 3. The van der Waals surface area contributed by atoms with Crippen LogP contribution in [0.5, 0.6) is 0 Å². The molecule has 4 nitrogen and oxygen atoms in total. The van der Waals surface area contributed by atoms with Gasteiger partial charge in [0.15, 0.2) is 17.5 Å². The average molecular weight is 652 g/mol. The van der Waals surface area contributed by atoms with Crippen LogP contribution in [0.25, 0.3) is 99.9 Å². The van der Waals surface area contributed by atoms with Crippen LogP contribution in [0.1, 0.15) is 0 Å². The standard InChI is InChI=1S/C47H29N3O/c1-2-13-32(14-3-1)45-48-46(50-47(49-45)36-27-26-30-12-4-5-15-33(30)28-36)35-19-8-18-34(29-35)37-21-9-16-31-17-10-22-38(43(31)37)39-23-11-25-42-44(39)40-20-6-7-24-41(40)51-42/h1-29H. The largest absolute Gasteiger partial charge is 0.456 e. The molecule has 0 fully saturated rings. The minimum atomic E-state index is 0.629. The minimum absolute atomic E-state index is 0.629. The molecular formula is C47H29N3O. The number of rotatable bonds is 5. The van der Waals surface area contributed by atoms with Crippen molar-refractivity contribution in [1.29, 1.82) is 0 Å². The molecule has 0 radical (unpaired) electrons. The van der Waals surface area contributed by atoms with E-state index in [9.17, 15) is 0 Å².